The van der Waals surface area contributed by atoms with Crippen molar-refractivity contribution in [1.82, 2.24) is 14.6 Å². The first kappa shape index (κ1) is 13.4. The number of halogens is 4. The molecule has 0 N–H and O–H groups in total. The molecule has 0 aliphatic rings. The Morgan fingerprint density at radius 1 is 1.35 bits per heavy atom. The zero-order chi connectivity index (χ0) is 14.5. The number of nitrogens with zero attached hydrogens (tertiary/aromatic N) is 3. The maximum absolute atomic E-state index is 13.2. The van der Waals surface area contributed by atoms with Gasteiger partial charge in [-0.3, -0.25) is 0 Å². The number of alkyl halides is 3. The molecule has 0 saturated carbocycles. The van der Waals surface area contributed by atoms with Gasteiger partial charge in [0.2, 0.25) is 0 Å². The fourth-order valence-corrected chi connectivity index (χ4v) is 2.70. The fraction of sp³-hybridized carbons (Fsp3) is 0.167. The van der Waals surface area contributed by atoms with Crippen LogP contribution in [-0.4, -0.2) is 14.6 Å². The minimum Gasteiger partial charge on any atom is -0.226 e. The van der Waals surface area contributed by atoms with Crippen molar-refractivity contribution in [3.05, 3.63) is 40.0 Å². The molecule has 3 rings (SSSR count). The zero-order valence-corrected chi connectivity index (χ0v) is 11.6. The van der Waals surface area contributed by atoms with Crippen LogP contribution in [0.1, 0.15) is 11.4 Å². The van der Waals surface area contributed by atoms with Crippen LogP contribution in [0.5, 0.6) is 0 Å². The molecule has 0 atom stereocenters. The van der Waals surface area contributed by atoms with Crippen molar-refractivity contribution in [2.45, 2.75) is 13.1 Å². The van der Waals surface area contributed by atoms with E-state index in [2.05, 4.69) is 10.1 Å². The van der Waals surface area contributed by atoms with Gasteiger partial charge in [0.05, 0.1) is 16.3 Å². The second kappa shape index (κ2) is 4.46. The van der Waals surface area contributed by atoms with Crippen LogP contribution >= 0.6 is 22.9 Å². The average Bonchev–Trinajstić information content (AvgIpc) is 2.98. The van der Waals surface area contributed by atoms with Gasteiger partial charge in [0.25, 0.3) is 0 Å². The Bertz CT molecular complexity index is 777. The molecule has 0 aliphatic carbocycles. The van der Waals surface area contributed by atoms with Crippen LogP contribution in [0.3, 0.4) is 0 Å². The maximum Gasteiger partial charge on any atom is 0.433 e. The van der Waals surface area contributed by atoms with E-state index in [0.717, 1.165) is 10.6 Å². The summed E-state index contributed by atoms with van der Waals surface area (Å²) in [7, 11) is 0. The van der Waals surface area contributed by atoms with E-state index in [1.165, 1.54) is 11.3 Å². The van der Waals surface area contributed by atoms with Crippen molar-refractivity contribution >= 4 is 28.6 Å². The van der Waals surface area contributed by atoms with E-state index in [1.54, 1.807) is 24.4 Å². The molecule has 3 nitrogen and oxygen atoms in total. The first-order valence-electron chi connectivity index (χ1n) is 5.55. The van der Waals surface area contributed by atoms with Crippen molar-refractivity contribution in [3.63, 3.8) is 0 Å². The molecule has 0 spiro atoms. The molecule has 0 bridgehead atoms. The normalized spacial score (nSPS) is 12.2. The van der Waals surface area contributed by atoms with E-state index >= 15 is 0 Å². The lowest BCUT2D eigenvalue weighted by Gasteiger charge is -2.10. The maximum atomic E-state index is 13.2. The van der Waals surface area contributed by atoms with E-state index < -0.39 is 11.9 Å². The summed E-state index contributed by atoms with van der Waals surface area (Å²) < 4.78 is 40.2. The Morgan fingerprint density at radius 3 is 2.70 bits per heavy atom. The molecule has 0 radical (unpaired) electrons. The van der Waals surface area contributed by atoms with Gasteiger partial charge in [-0.15, -0.1) is 11.3 Å². The predicted octanol–water partition coefficient (Wildman–Crippen LogP) is 4.44. The van der Waals surface area contributed by atoms with Gasteiger partial charge >= 0.3 is 6.18 Å². The van der Waals surface area contributed by atoms with Crippen LogP contribution < -0.4 is 0 Å². The van der Waals surface area contributed by atoms with Crippen LogP contribution in [0.15, 0.2) is 23.6 Å². The zero-order valence-electron chi connectivity index (χ0n) is 10.1. The van der Waals surface area contributed by atoms with Crippen molar-refractivity contribution in [1.29, 1.82) is 0 Å². The first-order chi connectivity index (χ1) is 9.38. The number of aromatic nitrogens is 3. The third-order valence-electron chi connectivity index (χ3n) is 2.76. The first-order valence-corrected chi connectivity index (χ1v) is 6.80. The summed E-state index contributed by atoms with van der Waals surface area (Å²) >= 11 is 7.30. The molecule has 0 amide bonds. The molecule has 104 valence electrons. The molecule has 0 saturated heterocycles. The van der Waals surface area contributed by atoms with Crippen LogP contribution in [0.25, 0.3) is 16.2 Å². The Hall–Kier alpha value is -1.60. The standard InChI is InChI=1S/C12H7ClF3N3S/c1-6-10(13)11-17-7(8-3-2-4-20-8)5-9(12(14,15)16)19(11)18-6/h2-5H,1H3. The van der Waals surface area contributed by atoms with Gasteiger partial charge in [-0.2, -0.15) is 18.3 Å². The van der Waals surface area contributed by atoms with Gasteiger partial charge in [0.1, 0.15) is 5.02 Å². The minimum atomic E-state index is -4.53. The van der Waals surface area contributed by atoms with Crippen LogP contribution in [-0.2, 0) is 6.18 Å². The van der Waals surface area contributed by atoms with Gasteiger partial charge in [-0.25, -0.2) is 9.50 Å². The molecule has 8 heteroatoms. The van der Waals surface area contributed by atoms with E-state index in [0.29, 0.717) is 10.6 Å². The minimum absolute atomic E-state index is 0.0161. The van der Waals surface area contributed by atoms with Crippen molar-refractivity contribution in [2.75, 3.05) is 0 Å². The molecule has 3 heterocycles. The summed E-state index contributed by atoms with van der Waals surface area (Å²) in [6, 6.07) is 4.45. The van der Waals surface area contributed by atoms with Gasteiger partial charge in [-0.1, -0.05) is 17.7 Å². The molecular formula is C12H7ClF3N3S. The molecule has 20 heavy (non-hydrogen) atoms. The second-order valence-electron chi connectivity index (χ2n) is 4.14. The topological polar surface area (TPSA) is 30.2 Å². The SMILES string of the molecule is Cc1nn2c(C(F)(F)F)cc(-c3cccs3)nc2c1Cl. The van der Waals surface area contributed by atoms with Gasteiger partial charge in [-0.05, 0) is 24.4 Å². The Labute approximate surface area is 120 Å². The van der Waals surface area contributed by atoms with Crippen molar-refractivity contribution < 1.29 is 13.2 Å². The highest BCUT2D eigenvalue weighted by Crippen LogP contribution is 2.35. The molecule has 0 aliphatic heterocycles. The Morgan fingerprint density at radius 2 is 2.10 bits per heavy atom. The van der Waals surface area contributed by atoms with Gasteiger partial charge in [0.15, 0.2) is 11.3 Å². The van der Waals surface area contributed by atoms with E-state index in [1.807, 2.05) is 0 Å². The lowest BCUT2D eigenvalue weighted by Crippen LogP contribution is -2.13. The molecule has 3 aromatic heterocycles. The summed E-state index contributed by atoms with van der Waals surface area (Å²) in [5.74, 6) is 0. The number of hydrogen-bond acceptors (Lipinski definition) is 3. The largest absolute Gasteiger partial charge is 0.433 e. The quantitative estimate of drug-likeness (QED) is 0.664. The predicted molar refractivity (Wildman–Crippen MR) is 71.0 cm³/mol. The molecule has 0 unspecified atom stereocenters. The summed E-state index contributed by atoms with van der Waals surface area (Å²) in [6.45, 7) is 1.54. The highest BCUT2D eigenvalue weighted by molar-refractivity contribution is 7.13. The number of fused-ring (bicyclic) bond motifs is 1. The third-order valence-corrected chi connectivity index (χ3v) is 4.09. The lowest BCUT2D eigenvalue weighted by molar-refractivity contribution is -0.142. The number of rotatable bonds is 1. The number of hydrogen-bond donors (Lipinski definition) is 0. The molecule has 3 aromatic rings. The number of thiophene rings is 1. The summed E-state index contributed by atoms with van der Waals surface area (Å²) in [5, 5.41) is 5.72. The van der Waals surface area contributed by atoms with Crippen molar-refractivity contribution in [3.8, 4) is 10.6 Å². The highest BCUT2D eigenvalue weighted by atomic mass is 35.5. The fourth-order valence-electron chi connectivity index (χ4n) is 1.85. The highest BCUT2D eigenvalue weighted by Gasteiger charge is 2.36. The lowest BCUT2D eigenvalue weighted by atomic mass is 10.2. The summed E-state index contributed by atoms with van der Waals surface area (Å²) in [5.41, 5.74) is -0.321. The van der Waals surface area contributed by atoms with Crippen molar-refractivity contribution in [2.24, 2.45) is 0 Å². The van der Waals surface area contributed by atoms with E-state index in [9.17, 15) is 13.2 Å². The molecular weight excluding hydrogens is 311 g/mol. The summed E-state index contributed by atoms with van der Waals surface area (Å²) in [6.07, 6.45) is -4.53. The van der Waals surface area contributed by atoms with Crippen LogP contribution in [0.2, 0.25) is 5.02 Å². The smallest absolute Gasteiger partial charge is 0.226 e. The third kappa shape index (κ3) is 2.06. The van der Waals surface area contributed by atoms with Gasteiger partial charge < -0.3 is 0 Å². The summed E-state index contributed by atoms with van der Waals surface area (Å²) in [4.78, 5) is 4.84. The van der Waals surface area contributed by atoms with Crippen LogP contribution in [0, 0.1) is 6.92 Å². The molecule has 0 aromatic carbocycles. The average molecular weight is 318 g/mol. The Kier molecular flexibility index (Phi) is 2.98. The van der Waals surface area contributed by atoms with E-state index in [-0.39, 0.29) is 16.4 Å². The molecule has 0 fully saturated rings. The number of aryl methyl sites for hydroxylation is 1. The Balaban J connectivity index is 2.38. The van der Waals surface area contributed by atoms with E-state index in [4.69, 9.17) is 11.6 Å². The van der Waals surface area contributed by atoms with Crippen LogP contribution in [0.4, 0.5) is 13.2 Å². The second-order valence-corrected chi connectivity index (χ2v) is 5.46. The van der Waals surface area contributed by atoms with Gasteiger partial charge in [0, 0.05) is 0 Å². The monoisotopic (exact) mass is 317 g/mol.